The molecule has 3 N–H and O–H groups in total. The molecule has 0 spiro atoms. The lowest BCUT2D eigenvalue weighted by Gasteiger charge is -2.16. The molecule has 1 rings (SSSR count). The zero-order valence-corrected chi connectivity index (χ0v) is 13.8. The zero-order valence-electron chi connectivity index (χ0n) is 13.8. The third-order valence-corrected chi connectivity index (χ3v) is 3.27. The molecule has 6 nitrogen and oxygen atoms in total. The van der Waals surface area contributed by atoms with Crippen LogP contribution in [0.3, 0.4) is 0 Å². The van der Waals surface area contributed by atoms with Gasteiger partial charge in [-0.1, -0.05) is 43.7 Å². The largest absolute Gasteiger partial charge is 0.480 e. The molecule has 0 saturated heterocycles. The summed E-state index contributed by atoms with van der Waals surface area (Å²) in [5.74, 6) is -1.71. The van der Waals surface area contributed by atoms with Gasteiger partial charge in [0, 0.05) is 0 Å². The Kier molecular flexibility index (Phi) is 7.25. The Morgan fingerprint density at radius 3 is 2.22 bits per heavy atom. The van der Waals surface area contributed by atoms with Crippen LogP contribution in [0.15, 0.2) is 24.3 Å². The molecule has 1 aromatic rings. The predicted octanol–water partition coefficient (Wildman–Crippen LogP) is 1.27. The third-order valence-electron chi connectivity index (χ3n) is 3.27. The number of carbonyl (C=O) groups is 3. The number of carbonyl (C=O) groups excluding carboxylic acids is 2. The molecule has 2 amide bonds. The molecule has 0 aliphatic carbocycles. The summed E-state index contributed by atoms with van der Waals surface area (Å²) in [4.78, 5) is 34.6. The average molecular weight is 320 g/mol. The van der Waals surface area contributed by atoms with Gasteiger partial charge in [-0.3, -0.25) is 9.59 Å². The van der Waals surface area contributed by atoms with E-state index < -0.39 is 17.9 Å². The molecular formula is C17H24N2O4. The van der Waals surface area contributed by atoms with Gasteiger partial charge in [-0.05, 0) is 24.8 Å². The number of nitrogens with one attached hydrogen (secondary N) is 2. The highest BCUT2D eigenvalue weighted by atomic mass is 16.4. The standard InChI is InChI=1S/C17H24N2O4/c1-11(2)8-14(17(22)23)19-16(21)10-18-15(20)9-13-6-4-12(3)5-7-13/h4-7,11,14H,8-10H2,1-3H3,(H,18,20)(H,19,21)(H,22,23)/t14-/m0/s1. The SMILES string of the molecule is Cc1ccc(CC(=O)NCC(=O)N[C@@H](CC(C)C)C(=O)O)cc1. The van der Waals surface area contributed by atoms with Crippen molar-refractivity contribution < 1.29 is 19.5 Å². The highest BCUT2D eigenvalue weighted by Gasteiger charge is 2.21. The minimum atomic E-state index is -1.07. The number of hydrogen-bond donors (Lipinski definition) is 3. The van der Waals surface area contributed by atoms with Crippen LogP contribution in [0.1, 0.15) is 31.4 Å². The maximum absolute atomic E-state index is 11.8. The minimum Gasteiger partial charge on any atom is -0.480 e. The fourth-order valence-electron chi connectivity index (χ4n) is 2.07. The summed E-state index contributed by atoms with van der Waals surface area (Å²) >= 11 is 0. The van der Waals surface area contributed by atoms with E-state index in [1.807, 2.05) is 45.0 Å². The average Bonchev–Trinajstić information content (AvgIpc) is 2.46. The molecular weight excluding hydrogens is 296 g/mol. The van der Waals surface area contributed by atoms with Gasteiger partial charge in [-0.15, -0.1) is 0 Å². The second-order valence-electron chi connectivity index (χ2n) is 6.03. The molecule has 6 heteroatoms. The van der Waals surface area contributed by atoms with Crippen LogP contribution in [0.2, 0.25) is 0 Å². The molecule has 1 aromatic carbocycles. The van der Waals surface area contributed by atoms with Crippen molar-refractivity contribution in [1.82, 2.24) is 10.6 Å². The van der Waals surface area contributed by atoms with E-state index in [2.05, 4.69) is 10.6 Å². The number of hydrogen-bond acceptors (Lipinski definition) is 3. The first-order valence-corrected chi connectivity index (χ1v) is 7.62. The maximum atomic E-state index is 11.8. The number of aryl methyl sites for hydroxylation is 1. The Hall–Kier alpha value is -2.37. The monoisotopic (exact) mass is 320 g/mol. The van der Waals surface area contributed by atoms with Crippen molar-refractivity contribution in [3.8, 4) is 0 Å². The van der Waals surface area contributed by atoms with Gasteiger partial charge in [-0.25, -0.2) is 4.79 Å². The highest BCUT2D eigenvalue weighted by molar-refractivity contribution is 5.88. The summed E-state index contributed by atoms with van der Waals surface area (Å²) in [7, 11) is 0. The maximum Gasteiger partial charge on any atom is 0.326 e. The van der Waals surface area contributed by atoms with Crippen molar-refractivity contribution in [2.45, 2.75) is 39.7 Å². The van der Waals surface area contributed by atoms with E-state index in [1.54, 1.807) is 0 Å². The van der Waals surface area contributed by atoms with Gasteiger partial charge in [-0.2, -0.15) is 0 Å². The molecule has 0 aliphatic heterocycles. The molecule has 23 heavy (non-hydrogen) atoms. The van der Waals surface area contributed by atoms with Crippen molar-refractivity contribution in [2.24, 2.45) is 5.92 Å². The summed E-state index contributed by atoms with van der Waals surface area (Å²) in [6.45, 7) is 5.49. The Bertz CT molecular complexity index is 552. The Morgan fingerprint density at radius 2 is 1.70 bits per heavy atom. The van der Waals surface area contributed by atoms with Crippen molar-refractivity contribution in [3.05, 3.63) is 35.4 Å². The first kappa shape index (κ1) is 18.7. The molecule has 0 aliphatic rings. The Balaban J connectivity index is 2.40. The van der Waals surface area contributed by atoms with Crippen LogP contribution >= 0.6 is 0 Å². The van der Waals surface area contributed by atoms with Crippen LogP contribution in [0, 0.1) is 12.8 Å². The van der Waals surface area contributed by atoms with Crippen molar-refractivity contribution in [1.29, 1.82) is 0 Å². The number of carboxylic acids is 1. The molecule has 0 aromatic heterocycles. The van der Waals surface area contributed by atoms with Crippen LogP contribution in [-0.2, 0) is 20.8 Å². The molecule has 0 radical (unpaired) electrons. The number of amides is 2. The van der Waals surface area contributed by atoms with Crippen molar-refractivity contribution in [2.75, 3.05) is 6.54 Å². The van der Waals surface area contributed by atoms with Crippen molar-refractivity contribution >= 4 is 17.8 Å². The molecule has 1 atom stereocenters. The van der Waals surface area contributed by atoms with Crippen LogP contribution in [0.4, 0.5) is 0 Å². The number of benzene rings is 1. The van der Waals surface area contributed by atoms with Gasteiger partial charge in [0.1, 0.15) is 6.04 Å². The lowest BCUT2D eigenvalue weighted by atomic mass is 10.0. The Morgan fingerprint density at radius 1 is 1.09 bits per heavy atom. The van der Waals surface area contributed by atoms with E-state index in [9.17, 15) is 14.4 Å². The lowest BCUT2D eigenvalue weighted by molar-refractivity contribution is -0.142. The normalized spacial score (nSPS) is 11.8. The van der Waals surface area contributed by atoms with Gasteiger partial charge in [0.25, 0.3) is 0 Å². The summed E-state index contributed by atoms with van der Waals surface area (Å²) in [5, 5.41) is 14.0. The van der Waals surface area contributed by atoms with Crippen LogP contribution in [0.25, 0.3) is 0 Å². The van der Waals surface area contributed by atoms with E-state index in [4.69, 9.17) is 5.11 Å². The molecule has 0 heterocycles. The van der Waals surface area contributed by atoms with E-state index in [1.165, 1.54) is 0 Å². The Labute approximate surface area is 136 Å². The van der Waals surface area contributed by atoms with Gasteiger partial charge in [0.05, 0.1) is 13.0 Å². The number of rotatable bonds is 8. The lowest BCUT2D eigenvalue weighted by Crippen LogP contribution is -2.46. The first-order chi connectivity index (χ1) is 10.8. The smallest absolute Gasteiger partial charge is 0.326 e. The quantitative estimate of drug-likeness (QED) is 0.672. The molecule has 0 fully saturated rings. The van der Waals surface area contributed by atoms with E-state index in [-0.39, 0.29) is 24.8 Å². The molecule has 126 valence electrons. The summed E-state index contributed by atoms with van der Waals surface area (Å²) in [6, 6.07) is 6.62. The zero-order chi connectivity index (χ0) is 17.4. The second-order valence-corrected chi connectivity index (χ2v) is 6.03. The topological polar surface area (TPSA) is 95.5 Å². The van der Waals surface area contributed by atoms with Gasteiger partial charge >= 0.3 is 5.97 Å². The number of carboxylic acid groups (broad SMARTS) is 1. The van der Waals surface area contributed by atoms with E-state index >= 15 is 0 Å². The summed E-state index contributed by atoms with van der Waals surface area (Å²) in [5.41, 5.74) is 1.97. The highest BCUT2D eigenvalue weighted by Crippen LogP contribution is 2.05. The predicted molar refractivity (Wildman–Crippen MR) is 86.9 cm³/mol. The van der Waals surface area contributed by atoms with E-state index in [0.717, 1.165) is 11.1 Å². The fourth-order valence-corrected chi connectivity index (χ4v) is 2.07. The molecule has 0 bridgehead atoms. The molecule has 0 unspecified atom stereocenters. The summed E-state index contributed by atoms with van der Waals surface area (Å²) < 4.78 is 0. The summed E-state index contributed by atoms with van der Waals surface area (Å²) in [6.07, 6.45) is 0.528. The second kappa shape index (κ2) is 8.92. The van der Waals surface area contributed by atoms with Gasteiger partial charge < -0.3 is 15.7 Å². The van der Waals surface area contributed by atoms with Gasteiger partial charge in [0.2, 0.25) is 11.8 Å². The van der Waals surface area contributed by atoms with Gasteiger partial charge in [0.15, 0.2) is 0 Å². The molecule has 0 saturated carbocycles. The van der Waals surface area contributed by atoms with Crippen LogP contribution < -0.4 is 10.6 Å². The fraction of sp³-hybridized carbons (Fsp3) is 0.471. The third kappa shape index (κ3) is 7.44. The van der Waals surface area contributed by atoms with Crippen molar-refractivity contribution in [3.63, 3.8) is 0 Å². The van der Waals surface area contributed by atoms with Crippen LogP contribution in [-0.4, -0.2) is 35.5 Å². The first-order valence-electron chi connectivity index (χ1n) is 7.62. The van der Waals surface area contributed by atoms with Crippen LogP contribution in [0.5, 0.6) is 0 Å². The van der Waals surface area contributed by atoms with E-state index in [0.29, 0.717) is 6.42 Å². The number of aliphatic carboxylic acids is 1. The minimum absolute atomic E-state index is 0.146.